The van der Waals surface area contributed by atoms with Crippen molar-refractivity contribution in [1.82, 2.24) is 15.1 Å². The molecule has 2 rings (SSSR count). The lowest BCUT2D eigenvalue weighted by Gasteiger charge is -2.19. The molecule has 1 atom stereocenters. The highest BCUT2D eigenvalue weighted by Crippen LogP contribution is 2.24. The minimum Gasteiger partial charge on any atom is -0.313 e. The standard InChI is InChI=1S/C15H21N3/c1-5-14(16-4)13-8-6-7-9-15(13)18-12(3)10-11(2)17-18/h6-10,14,16H,5H2,1-4H3. The smallest absolute Gasteiger partial charge is 0.0696 e. The lowest BCUT2D eigenvalue weighted by Crippen LogP contribution is -2.18. The van der Waals surface area contributed by atoms with Crippen molar-refractivity contribution in [3.05, 3.63) is 47.3 Å². The maximum absolute atomic E-state index is 4.58. The lowest BCUT2D eigenvalue weighted by atomic mass is 10.0. The summed E-state index contributed by atoms with van der Waals surface area (Å²) < 4.78 is 2.03. The number of aromatic nitrogens is 2. The summed E-state index contributed by atoms with van der Waals surface area (Å²) in [7, 11) is 2.01. The molecule has 0 aliphatic heterocycles. The van der Waals surface area contributed by atoms with Crippen LogP contribution < -0.4 is 5.32 Å². The molecule has 1 heterocycles. The number of rotatable bonds is 4. The fourth-order valence-electron chi connectivity index (χ4n) is 2.43. The van der Waals surface area contributed by atoms with Crippen LogP contribution in [0.5, 0.6) is 0 Å². The second-order valence-corrected chi connectivity index (χ2v) is 4.65. The molecule has 1 aromatic heterocycles. The van der Waals surface area contributed by atoms with Gasteiger partial charge in [-0.3, -0.25) is 0 Å². The molecule has 0 aliphatic carbocycles. The maximum Gasteiger partial charge on any atom is 0.0696 e. The second kappa shape index (κ2) is 5.36. The third-order valence-electron chi connectivity index (χ3n) is 3.31. The first-order valence-electron chi connectivity index (χ1n) is 6.47. The van der Waals surface area contributed by atoms with Crippen LogP contribution in [-0.2, 0) is 0 Å². The third kappa shape index (κ3) is 2.31. The molecule has 18 heavy (non-hydrogen) atoms. The molecule has 0 bridgehead atoms. The van der Waals surface area contributed by atoms with Gasteiger partial charge in [0.15, 0.2) is 0 Å². The molecule has 0 fully saturated rings. The number of benzene rings is 1. The molecular weight excluding hydrogens is 222 g/mol. The fraction of sp³-hybridized carbons (Fsp3) is 0.400. The molecule has 0 radical (unpaired) electrons. The summed E-state index contributed by atoms with van der Waals surface area (Å²) in [5.74, 6) is 0. The van der Waals surface area contributed by atoms with Crippen LogP contribution in [0.2, 0.25) is 0 Å². The minimum absolute atomic E-state index is 0.366. The average Bonchev–Trinajstić information content (AvgIpc) is 2.71. The molecule has 96 valence electrons. The first-order chi connectivity index (χ1) is 8.67. The van der Waals surface area contributed by atoms with Gasteiger partial charge in [-0.1, -0.05) is 25.1 Å². The number of hydrogen-bond acceptors (Lipinski definition) is 2. The Kier molecular flexibility index (Phi) is 3.82. The normalized spacial score (nSPS) is 12.7. The van der Waals surface area contributed by atoms with Crippen LogP contribution in [0, 0.1) is 13.8 Å². The van der Waals surface area contributed by atoms with Crippen LogP contribution in [0.25, 0.3) is 5.69 Å². The van der Waals surface area contributed by atoms with Gasteiger partial charge in [-0.25, -0.2) is 4.68 Å². The summed E-state index contributed by atoms with van der Waals surface area (Å²) in [6, 6.07) is 10.9. The van der Waals surface area contributed by atoms with Crippen molar-refractivity contribution in [3.63, 3.8) is 0 Å². The molecule has 0 spiro atoms. The van der Waals surface area contributed by atoms with Crippen molar-refractivity contribution in [3.8, 4) is 5.69 Å². The van der Waals surface area contributed by atoms with E-state index in [1.165, 1.54) is 16.9 Å². The summed E-state index contributed by atoms with van der Waals surface area (Å²) in [5, 5.41) is 7.94. The van der Waals surface area contributed by atoms with E-state index in [0.717, 1.165) is 12.1 Å². The van der Waals surface area contributed by atoms with Crippen LogP contribution in [0.3, 0.4) is 0 Å². The van der Waals surface area contributed by atoms with Crippen molar-refractivity contribution in [1.29, 1.82) is 0 Å². The summed E-state index contributed by atoms with van der Waals surface area (Å²) in [4.78, 5) is 0. The number of para-hydroxylation sites is 1. The monoisotopic (exact) mass is 243 g/mol. The SMILES string of the molecule is CCC(NC)c1ccccc1-n1nc(C)cc1C. The molecule has 1 aromatic carbocycles. The van der Waals surface area contributed by atoms with Crippen molar-refractivity contribution in [2.24, 2.45) is 0 Å². The van der Waals surface area contributed by atoms with Gasteiger partial charge in [0, 0.05) is 11.7 Å². The molecule has 0 saturated heterocycles. The molecule has 0 aliphatic rings. The van der Waals surface area contributed by atoms with Gasteiger partial charge in [-0.2, -0.15) is 5.10 Å². The zero-order valence-corrected chi connectivity index (χ0v) is 11.6. The van der Waals surface area contributed by atoms with Gasteiger partial charge in [0.05, 0.1) is 11.4 Å². The Bertz CT molecular complexity index is 524. The Labute approximate surface area is 109 Å². The molecule has 1 unspecified atom stereocenters. The van der Waals surface area contributed by atoms with Crippen molar-refractivity contribution in [2.45, 2.75) is 33.2 Å². The van der Waals surface area contributed by atoms with Crippen LogP contribution in [0.1, 0.15) is 36.3 Å². The van der Waals surface area contributed by atoms with Crippen molar-refractivity contribution in [2.75, 3.05) is 7.05 Å². The number of nitrogens with one attached hydrogen (secondary N) is 1. The zero-order chi connectivity index (χ0) is 13.1. The fourth-order valence-corrected chi connectivity index (χ4v) is 2.43. The van der Waals surface area contributed by atoms with E-state index in [4.69, 9.17) is 0 Å². The summed E-state index contributed by atoms with van der Waals surface area (Å²) in [6.45, 7) is 6.32. The summed E-state index contributed by atoms with van der Waals surface area (Å²) >= 11 is 0. The predicted molar refractivity (Wildman–Crippen MR) is 75.1 cm³/mol. The predicted octanol–water partition coefficient (Wildman–Crippen LogP) is 3.16. The molecule has 1 N–H and O–H groups in total. The largest absolute Gasteiger partial charge is 0.313 e. The molecule has 3 nitrogen and oxygen atoms in total. The van der Waals surface area contributed by atoms with Gasteiger partial charge in [0.1, 0.15) is 0 Å². The highest BCUT2D eigenvalue weighted by molar-refractivity contribution is 5.43. The van der Waals surface area contributed by atoms with E-state index in [-0.39, 0.29) is 0 Å². The highest BCUT2D eigenvalue weighted by Gasteiger charge is 2.14. The second-order valence-electron chi connectivity index (χ2n) is 4.65. The summed E-state index contributed by atoms with van der Waals surface area (Å²) in [5.41, 5.74) is 4.70. The van der Waals surface area contributed by atoms with Crippen LogP contribution in [0.4, 0.5) is 0 Å². The molecule has 3 heteroatoms. The van der Waals surface area contributed by atoms with E-state index >= 15 is 0 Å². The lowest BCUT2D eigenvalue weighted by molar-refractivity contribution is 0.571. The van der Waals surface area contributed by atoms with Gasteiger partial charge in [-0.05, 0) is 45.0 Å². The van der Waals surface area contributed by atoms with Gasteiger partial charge >= 0.3 is 0 Å². The van der Waals surface area contributed by atoms with E-state index < -0.39 is 0 Å². The van der Waals surface area contributed by atoms with Gasteiger partial charge in [0.2, 0.25) is 0 Å². The van der Waals surface area contributed by atoms with Crippen LogP contribution in [0.15, 0.2) is 30.3 Å². The first kappa shape index (κ1) is 12.8. The average molecular weight is 243 g/mol. The third-order valence-corrected chi connectivity index (χ3v) is 3.31. The Morgan fingerprint density at radius 2 is 2.00 bits per heavy atom. The van der Waals surface area contributed by atoms with Crippen LogP contribution in [-0.4, -0.2) is 16.8 Å². The number of aryl methyl sites for hydroxylation is 2. The zero-order valence-electron chi connectivity index (χ0n) is 11.6. The van der Waals surface area contributed by atoms with E-state index in [1.54, 1.807) is 0 Å². The highest BCUT2D eigenvalue weighted by atomic mass is 15.3. The van der Waals surface area contributed by atoms with E-state index in [9.17, 15) is 0 Å². The quantitative estimate of drug-likeness (QED) is 0.894. The maximum atomic E-state index is 4.58. The van der Waals surface area contributed by atoms with Gasteiger partial charge < -0.3 is 5.32 Å². The summed E-state index contributed by atoms with van der Waals surface area (Å²) in [6.07, 6.45) is 1.06. The Balaban J connectivity index is 2.54. The molecule has 0 amide bonds. The van der Waals surface area contributed by atoms with E-state index in [0.29, 0.717) is 6.04 Å². The number of nitrogens with zero attached hydrogens (tertiary/aromatic N) is 2. The van der Waals surface area contributed by atoms with Crippen molar-refractivity contribution < 1.29 is 0 Å². The molecule has 2 aromatic rings. The Hall–Kier alpha value is -1.61. The van der Waals surface area contributed by atoms with Crippen molar-refractivity contribution >= 4 is 0 Å². The molecule has 0 saturated carbocycles. The Morgan fingerprint density at radius 3 is 2.56 bits per heavy atom. The number of hydrogen-bond donors (Lipinski definition) is 1. The topological polar surface area (TPSA) is 29.9 Å². The first-order valence-corrected chi connectivity index (χ1v) is 6.47. The van der Waals surface area contributed by atoms with Gasteiger partial charge in [0.25, 0.3) is 0 Å². The van der Waals surface area contributed by atoms with Gasteiger partial charge in [-0.15, -0.1) is 0 Å². The molecular formula is C15H21N3. The van der Waals surface area contributed by atoms with Crippen LogP contribution >= 0.6 is 0 Å². The minimum atomic E-state index is 0.366. The van der Waals surface area contributed by atoms with E-state index in [1.807, 2.05) is 18.7 Å². The van der Waals surface area contributed by atoms with E-state index in [2.05, 4.69) is 54.6 Å². The Morgan fingerprint density at radius 1 is 1.28 bits per heavy atom.